The van der Waals surface area contributed by atoms with Crippen molar-refractivity contribution in [2.75, 3.05) is 7.11 Å². The fourth-order valence-corrected chi connectivity index (χ4v) is 2.88. The molecule has 4 heteroatoms. The van der Waals surface area contributed by atoms with Crippen LogP contribution in [0.3, 0.4) is 0 Å². The quantitative estimate of drug-likeness (QED) is 0.806. The summed E-state index contributed by atoms with van der Waals surface area (Å²) in [7, 11) is 1.44. The molecule has 2 atom stereocenters. The van der Waals surface area contributed by atoms with Gasteiger partial charge >= 0.3 is 5.97 Å². The molecule has 0 fully saturated rings. The van der Waals surface area contributed by atoms with Gasteiger partial charge in [-0.25, -0.2) is 0 Å². The zero-order valence-corrected chi connectivity index (χ0v) is 12.6. The van der Waals surface area contributed by atoms with Gasteiger partial charge in [-0.3, -0.25) is 10.1 Å². The molecule has 3 nitrogen and oxygen atoms in total. The second-order valence-electron chi connectivity index (χ2n) is 5.15. The lowest BCUT2D eigenvalue weighted by Crippen LogP contribution is -2.44. The van der Waals surface area contributed by atoms with Crippen LogP contribution in [0.1, 0.15) is 38.6 Å². The summed E-state index contributed by atoms with van der Waals surface area (Å²) in [6, 6.07) is 4.08. The Morgan fingerprint density at radius 2 is 1.94 bits per heavy atom. The first kappa shape index (κ1) is 15.2. The van der Waals surface area contributed by atoms with Crippen LogP contribution in [-0.4, -0.2) is 19.1 Å². The van der Waals surface area contributed by atoms with Gasteiger partial charge in [0.1, 0.15) is 6.04 Å². The summed E-state index contributed by atoms with van der Waals surface area (Å²) >= 11 is 1.72. The molecule has 0 aromatic carbocycles. The lowest BCUT2D eigenvalue weighted by atomic mass is 9.97. The van der Waals surface area contributed by atoms with Gasteiger partial charge in [-0.1, -0.05) is 33.8 Å². The average molecular weight is 269 g/mol. The zero-order chi connectivity index (χ0) is 13.7. The molecule has 0 aliphatic carbocycles. The van der Waals surface area contributed by atoms with Crippen molar-refractivity contribution in [3.05, 3.63) is 22.4 Å². The van der Waals surface area contributed by atoms with Gasteiger partial charge in [0.05, 0.1) is 7.11 Å². The largest absolute Gasteiger partial charge is 0.468 e. The highest BCUT2D eigenvalue weighted by atomic mass is 32.1. The van der Waals surface area contributed by atoms with Crippen LogP contribution < -0.4 is 5.32 Å². The molecule has 1 aromatic rings. The van der Waals surface area contributed by atoms with E-state index >= 15 is 0 Å². The van der Waals surface area contributed by atoms with Crippen molar-refractivity contribution in [3.8, 4) is 0 Å². The first-order valence-corrected chi connectivity index (χ1v) is 7.22. The van der Waals surface area contributed by atoms with Crippen molar-refractivity contribution in [2.45, 2.75) is 39.8 Å². The van der Waals surface area contributed by atoms with Crippen molar-refractivity contribution in [3.63, 3.8) is 0 Å². The number of hydrogen-bond acceptors (Lipinski definition) is 4. The van der Waals surface area contributed by atoms with Gasteiger partial charge in [0.15, 0.2) is 0 Å². The minimum Gasteiger partial charge on any atom is -0.468 e. The Kier molecular flexibility index (Phi) is 5.82. The van der Waals surface area contributed by atoms with E-state index in [0.29, 0.717) is 5.92 Å². The van der Waals surface area contributed by atoms with E-state index in [1.54, 1.807) is 11.3 Å². The number of methoxy groups -OCH3 is 1. The van der Waals surface area contributed by atoms with Crippen molar-refractivity contribution in [2.24, 2.45) is 11.8 Å². The van der Waals surface area contributed by atoms with Crippen LogP contribution >= 0.6 is 11.3 Å². The maximum atomic E-state index is 11.8. The third kappa shape index (κ3) is 3.82. The first-order chi connectivity index (χ1) is 8.47. The predicted octanol–water partition coefficient (Wildman–Crippen LogP) is 3.23. The molecule has 0 aliphatic heterocycles. The molecule has 1 heterocycles. The molecule has 1 N–H and O–H groups in total. The summed E-state index contributed by atoms with van der Waals surface area (Å²) in [6.07, 6.45) is 0. The van der Waals surface area contributed by atoms with Crippen LogP contribution in [0.2, 0.25) is 0 Å². The second kappa shape index (κ2) is 6.90. The minimum atomic E-state index is -0.260. The summed E-state index contributed by atoms with van der Waals surface area (Å²) in [5.74, 6) is 0.445. The smallest absolute Gasteiger partial charge is 0.323 e. The van der Waals surface area contributed by atoms with Crippen LogP contribution in [0.4, 0.5) is 0 Å². The molecule has 0 spiro atoms. The molecule has 18 heavy (non-hydrogen) atoms. The molecule has 1 aromatic heterocycles. The topological polar surface area (TPSA) is 38.3 Å². The van der Waals surface area contributed by atoms with Crippen LogP contribution in [0, 0.1) is 11.8 Å². The van der Waals surface area contributed by atoms with Gasteiger partial charge in [-0.2, -0.15) is 0 Å². The van der Waals surface area contributed by atoms with E-state index in [1.165, 1.54) is 12.0 Å². The third-order valence-corrected chi connectivity index (χ3v) is 3.95. The summed E-state index contributed by atoms with van der Waals surface area (Å²) in [5.41, 5.74) is 0. The van der Waals surface area contributed by atoms with Gasteiger partial charge in [0, 0.05) is 10.9 Å². The molecule has 0 radical (unpaired) electrons. The lowest BCUT2D eigenvalue weighted by molar-refractivity contribution is -0.144. The van der Waals surface area contributed by atoms with Crippen molar-refractivity contribution < 1.29 is 9.53 Å². The average Bonchev–Trinajstić information content (AvgIpc) is 2.81. The van der Waals surface area contributed by atoms with Gasteiger partial charge in [0.25, 0.3) is 0 Å². The van der Waals surface area contributed by atoms with Crippen LogP contribution in [-0.2, 0) is 9.53 Å². The van der Waals surface area contributed by atoms with Gasteiger partial charge < -0.3 is 4.74 Å². The molecular weight excluding hydrogens is 246 g/mol. The zero-order valence-electron chi connectivity index (χ0n) is 11.8. The Balaban J connectivity index is 2.85. The molecule has 0 aliphatic rings. The minimum absolute atomic E-state index is 0.188. The lowest BCUT2D eigenvalue weighted by Gasteiger charge is -2.28. The summed E-state index contributed by atoms with van der Waals surface area (Å²) in [4.78, 5) is 13.1. The fraction of sp³-hybridized carbons (Fsp3) is 0.643. The van der Waals surface area contributed by atoms with Crippen molar-refractivity contribution >= 4 is 17.3 Å². The van der Waals surface area contributed by atoms with Crippen molar-refractivity contribution in [1.29, 1.82) is 0 Å². The van der Waals surface area contributed by atoms with Gasteiger partial charge in [-0.15, -0.1) is 11.3 Å². The normalized spacial score (nSPS) is 14.8. The highest BCUT2D eigenvalue weighted by Gasteiger charge is 2.28. The fourth-order valence-electron chi connectivity index (χ4n) is 1.92. The number of ether oxygens (including phenoxy) is 1. The molecule has 102 valence electrons. The maximum absolute atomic E-state index is 11.8. The van der Waals surface area contributed by atoms with E-state index in [2.05, 4.69) is 30.6 Å². The summed E-state index contributed by atoms with van der Waals surface area (Å²) < 4.78 is 4.87. The Morgan fingerprint density at radius 1 is 1.28 bits per heavy atom. The maximum Gasteiger partial charge on any atom is 0.323 e. The Hall–Kier alpha value is -0.870. The van der Waals surface area contributed by atoms with E-state index in [4.69, 9.17) is 4.74 Å². The second-order valence-corrected chi connectivity index (χ2v) is 6.13. The number of carbonyl (C=O) groups excluding carboxylic acids is 1. The van der Waals surface area contributed by atoms with E-state index in [9.17, 15) is 4.79 Å². The van der Waals surface area contributed by atoms with Crippen LogP contribution in [0.15, 0.2) is 17.5 Å². The number of rotatable bonds is 6. The first-order valence-electron chi connectivity index (χ1n) is 6.34. The van der Waals surface area contributed by atoms with E-state index in [-0.39, 0.29) is 24.0 Å². The number of thiophene rings is 1. The Bertz CT molecular complexity index is 360. The van der Waals surface area contributed by atoms with Gasteiger partial charge in [0.2, 0.25) is 0 Å². The van der Waals surface area contributed by atoms with E-state index < -0.39 is 0 Å². The molecule has 0 saturated carbocycles. The van der Waals surface area contributed by atoms with Gasteiger partial charge in [-0.05, 0) is 23.3 Å². The monoisotopic (exact) mass is 269 g/mol. The molecule has 1 unspecified atom stereocenters. The highest BCUT2D eigenvalue weighted by molar-refractivity contribution is 7.10. The number of hydrogen-bond donors (Lipinski definition) is 1. The van der Waals surface area contributed by atoms with Crippen molar-refractivity contribution in [1.82, 2.24) is 5.32 Å². The Labute approximate surface area is 114 Å². The van der Waals surface area contributed by atoms with Crippen LogP contribution in [0.25, 0.3) is 0 Å². The predicted molar refractivity (Wildman–Crippen MR) is 75.7 cm³/mol. The summed E-state index contributed by atoms with van der Waals surface area (Å²) in [5, 5.41) is 5.51. The molecule has 0 amide bonds. The molecular formula is C14H23NO2S. The summed E-state index contributed by atoms with van der Waals surface area (Å²) in [6.45, 7) is 8.37. The standard InChI is InChI=1S/C14H23NO2S/c1-9(2)12(11-7-6-8-18-11)15-13(10(3)4)14(16)17-5/h6-10,12-13,15H,1-5H3/t12?,13-/m0/s1. The number of esters is 1. The molecule has 1 rings (SSSR count). The van der Waals surface area contributed by atoms with E-state index in [1.807, 2.05) is 19.9 Å². The van der Waals surface area contributed by atoms with Crippen LogP contribution in [0.5, 0.6) is 0 Å². The number of carbonyl (C=O) groups is 1. The Morgan fingerprint density at radius 3 is 2.33 bits per heavy atom. The molecule has 0 bridgehead atoms. The SMILES string of the molecule is COC(=O)[C@@H](NC(c1cccs1)C(C)C)C(C)C. The van der Waals surface area contributed by atoms with E-state index in [0.717, 1.165) is 0 Å². The molecule has 0 saturated heterocycles. The number of nitrogens with one attached hydrogen (secondary N) is 1. The highest BCUT2D eigenvalue weighted by Crippen LogP contribution is 2.27. The third-order valence-electron chi connectivity index (χ3n) is 3.00.